The summed E-state index contributed by atoms with van der Waals surface area (Å²) in [5.41, 5.74) is 1.79. The average Bonchev–Trinajstić information content (AvgIpc) is 2.86. The van der Waals surface area contributed by atoms with Crippen LogP contribution in [0, 0.1) is 11.8 Å². The zero-order valence-electron chi connectivity index (χ0n) is 18.2. The molecule has 0 aliphatic carbocycles. The number of quaternary nitrogens is 1. The number of amides is 1. The number of rotatable bonds is 5. The maximum atomic E-state index is 13.7. The van der Waals surface area contributed by atoms with E-state index >= 15 is 0 Å². The first-order valence-electron chi connectivity index (χ1n) is 11.5. The van der Waals surface area contributed by atoms with E-state index in [0.717, 1.165) is 47.1 Å². The molecule has 3 saturated heterocycles. The average molecular weight is 491 g/mol. The standard InChI is InChI=1S/C28H29BrNO2/c29-25-13-11-21(12-14-25)19-27(31)30-17-15-22(16-18-30)26(20-30)28(32,23-7-3-1-4-8-23)24-9-5-2-6-10-24/h1-14,22,26,32H,15-20H2/q+1. The Balaban J connectivity index is 1.50. The Labute approximate surface area is 198 Å². The molecule has 164 valence electrons. The van der Waals surface area contributed by atoms with E-state index in [2.05, 4.69) is 15.9 Å². The molecule has 1 N–H and O–H groups in total. The number of aliphatic hydroxyl groups is 1. The predicted octanol–water partition coefficient (Wildman–Crippen LogP) is 5.31. The van der Waals surface area contributed by atoms with Gasteiger partial charge in [-0.2, -0.15) is 0 Å². The molecule has 1 amide bonds. The first-order valence-corrected chi connectivity index (χ1v) is 12.3. The minimum atomic E-state index is -1.10. The highest BCUT2D eigenvalue weighted by atomic mass is 79.9. The number of halogens is 1. The highest BCUT2D eigenvalue weighted by Gasteiger charge is 2.57. The van der Waals surface area contributed by atoms with Gasteiger partial charge in [0.15, 0.2) is 0 Å². The van der Waals surface area contributed by atoms with Crippen LogP contribution in [0.15, 0.2) is 89.4 Å². The van der Waals surface area contributed by atoms with Crippen LogP contribution in [-0.2, 0) is 16.8 Å². The molecule has 4 heteroatoms. The lowest BCUT2D eigenvalue weighted by molar-refractivity contribution is -0.878. The SMILES string of the molecule is O=C(Cc1ccc(Br)cc1)[N+]12CCC(CC1)C(C(O)(c1ccccc1)c1ccccc1)C2. The van der Waals surface area contributed by atoms with E-state index in [4.69, 9.17) is 0 Å². The van der Waals surface area contributed by atoms with Crippen LogP contribution in [0.4, 0.5) is 0 Å². The molecule has 3 nitrogen and oxygen atoms in total. The van der Waals surface area contributed by atoms with Gasteiger partial charge >= 0.3 is 5.91 Å². The number of carbonyl (C=O) groups is 1. The predicted molar refractivity (Wildman–Crippen MR) is 130 cm³/mol. The first-order chi connectivity index (χ1) is 15.5. The number of piperidine rings is 3. The van der Waals surface area contributed by atoms with Crippen molar-refractivity contribution in [3.05, 3.63) is 106 Å². The summed E-state index contributed by atoms with van der Waals surface area (Å²) in [6.45, 7) is 2.46. The van der Waals surface area contributed by atoms with Gasteiger partial charge in [0.1, 0.15) is 5.60 Å². The van der Waals surface area contributed by atoms with E-state index in [9.17, 15) is 9.90 Å². The fraction of sp³-hybridized carbons (Fsp3) is 0.321. The smallest absolute Gasteiger partial charge is 0.318 e. The van der Waals surface area contributed by atoms with Crippen molar-refractivity contribution in [3.8, 4) is 0 Å². The number of benzene rings is 3. The van der Waals surface area contributed by atoms with E-state index in [-0.39, 0.29) is 11.8 Å². The molecule has 3 aliphatic rings. The van der Waals surface area contributed by atoms with Crippen molar-refractivity contribution in [2.45, 2.75) is 24.9 Å². The van der Waals surface area contributed by atoms with E-state index in [1.54, 1.807) is 0 Å². The highest BCUT2D eigenvalue weighted by molar-refractivity contribution is 9.10. The van der Waals surface area contributed by atoms with E-state index in [0.29, 0.717) is 23.4 Å². The van der Waals surface area contributed by atoms with Crippen molar-refractivity contribution < 1.29 is 14.4 Å². The highest BCUT2D eigenvalue weighted by Crippen LogP contribution is 2.49. The Hall–Kier alpha value is -2.27. The minimum absolute atomic E-state index is 0.00340. The summed E-state index contributed by atoms with van der Waals surface area (Å²) in [6.07, 6.45) is 2.41. The third-order valence-electron chi connectivity index (χ3n) is 7.73. The molecule has 0 spiro atoms. The molecule has 0 aromatic heterocycles. The van der Waals surface area contributed by atoms with E-state index < -0.39 is 5.60 Å². The van der Waals surface area contributed by atoms with Crippen LogP contribution in [0.25, 0.3) is 0 Å². The molecule has 0 radical (unpaired) electrons. The Morgan fingerprint density at radius 1 is 0.875 bits per heavy atom. The molecule has 6 rings (SSSR count). The van der Waals surface area contributed by atoms with Crippen molar-refractivity contribution in [3.63, 3.8) is 0 Å². The van der Waals surface area contributed by atoms with Gasteiger partial charge in [-0.1, -0.05) is 88.7 Å². The molecule has 3 fully saturated rings. The summed E-state index contributed by atoms with van der Waals surface area (Å²) in [7, 11) is 0. The molecule has 3 heterocycles. The van der Waals surface area contributed by atoms with Gasteiger partial charge in [-0.25, -0.2) is 4.79 Å². The van der Waals surface area contributed by atoms with Crippen LogP contribution in [0.3, 0.4) is 0 Å². The van der Waals surface area contributed by atoms with Gasteiger partial charge in [0.25, 0.3) is 0 Å². The van der Waals surface area contributed by atoms with Crippen molar-refractivity contribution in [2.24, 2.45) is 11.8 Å². The quantitative estimate of drug-likeness (QED) is 0.492. The number of fused-ring (bicyclic) bond motifs is 3. The Kier molecular flexibility index (Phi) is 5.79. The molecule has 32 heavy (non-hydrogen) atoms. The number of hydrogen-bond donors (Lipinski definition) is 1. The number of nitrogens with zero attached hydrogens (tertiary/aromatic N) is 1. The topological polar surface area (TPSA) is 37.3 Å². The van der Waals surface area contributed by atoms with E-state index in [1.165, 1.54) is 0 Å². The third kappa shape index (κ3) is 3.75. The molecule has 3 aliphatic heterocycles. The largest absolute Gasteiger partial charge is 0.380 e. The van der Waals surface area contributed by atoms with Crippen LogP contribution in [0.2, 0.25) is 0 Å². The summed E-state index contributed by atoms with van der Waals surface area (Å²) < 4.78 is 1.51. The fourth-order valence-electron chi connectivity index (χ4n) is 5.94. The van der Waals surface area contributed by atoms with Crippen LogP contribution in [0.1, 0.15) is 29.5 Å². The summed E-state index contributed by atoms with van der Waals surface area (Å²) in [6, 6.07) is 28.1. The van der Waals surface area contributed by atoms with Crippen molar-refractivity contribution >= 4 is 21.8 Å². The van der Waals surface area contributed by atoms with Crippen molar-refractivity contribution in [1.29, 1.82) is 0 Å². The second kappa shape index (κ2) is 8.58. The number of hydrogen-bond acceptors (Lipinski definition) is 2. The van der Waals surface area contributed by atoms with Gasteiger partial charge in [0, 0.05) is 23.2 Å². The molecule has 3 aromatic carbocycles. The monoisotopic (exact) mass is 490 g/mol. The van der Waals surface area contributed by atoms with Crippen LogP contribution in [-0.4, -0.2) is 35.1 Å². The molecule has 1 atom stereocenters. The third-order valence-corrected chi connectivity index (χ3v) is 8.26. The summed E-state index contributed by atoms with van der Waals surface area (Å²) >= 11 is 3.48. The van der Waals surface area contributed by atoms with Gasteiger partial charge in [-0.05, 0) is 34.7 Å². The fourth-order valence-corrected chi connectivity index (χ4v) is 6.21. The summed E-state index contributed by atoms with van der Waals surface area (Å²) in [4.78, 5) is 13.7. The molecular formula is C28H29BrNO2+. The normalized spacial score (nSPS) is 24.9. The Morgan fingerprint density at radius 2 is 1.41 bits per heavy atom. The molecule has 3 aromatic rings. The minimum Gasteiger partial charge on any atom is -0.380 e. The van der Waals surface area contributed by atoms with Crippen molar-refractivity contribution in [2.75, 3.05) is 19.6 Å². The number of carbonyl (C=O) groups excluding carboxylic acids is 1. The van der Waals surface area contributed by atoms with Crippen molar-refractivity contribution in [1.82, 2.24) is 0 Å². The van der Waals surface area contributed by atoms with Crippen LogP contribution < -0.4 is 0 Å². The molecular weight excluding hydrogens is 462 g/mol. The summed E-state index contributed by atoms with van der Waals surface area (Å²) in [5, 5.41) is 12.4. The lowest BCUT2D eigenvalue weighted by Gasteiger charge is -2.55. The van der Waals surface area contributed by atoms with E-state index in [1.807, 2.05) is 84.9 Å². The van der Waals surface area contributed by atoms with Crippen LogP contribution in [0.5, 0.6) is 0 Å². The Bertz CT molecular complexity index is 1030. The lowest BCUT2D eigenvalue weighted by atomic mass is 9.64. The zero-order valence-corrected chi connectivity index (χ0v) is 19.7. The van der Waals surface area contributed by atoms with Gasteiger partial charge in [0.2, 0.25) is 0 Å². The maximum absolute atomic E-state index is 13.7. The van der Waals surface area contributed by atoms with Gasteiger partial charge < -0.3 is 5.11 Å². The van der Waals surface area contributed by atoms with Gasteiger partial charge in [0.05, 0.1) is 26.1 Å². The van der Waals surface area contributed by atoms with Crippen LogP contribution >= 0.6 is 15.9 Å². The lowest BCUT2D eigenvalue weighted by Crippen LogP contribution is -2.68. The second-order valence-corrected chi connectivity index (χ2v) is 10.3. The second-order valence-electron chi connectivity index (χ2n) is 9.41. The molecule has 1 unspecified atom stereocenters. The first kappa shape index (κ1) is 21.6. The molecule has 0 saturated carbocycles. The molecule has 2 bridgehead atoms. The van der Waals surface area contributed by atoms with Gasteiger partial charge in [-0.3, -0.25) is 4.48 Å². The maximum Gasteiger partial charge on any atom is 0.318 e. The Morgan fingerprint density at radius 3 is 1.94 bits per heavy atom. The summed E-state index contributed by atoms with van der Waals surface area (Å²) in [5.74, 6) is 0.698. The van der Waals surface area contributed by atoms with Gasteiger partial charge in [-0.15, -0.1) is 0 Å². The zero-order chi connectivity index (χ0) is 22.2.